The number of halogens is 1. The number of likely N-dealkylation sites (tertiary alicyclic amines) is 1. The van der Waals surface area contributed by atoms with Gasteiger partial charge in [0.1, 0.15) is 5.82 Å². The van der Waals surface area contributed by atoms with Crippen LogP contribution in [0.15, 0.2) is 48.8 Å². The van der Waals surface area contributed by atoms with Gasteiger partial charge in [-0.3, -0.25) is 4.90 Å². The summed E-state index contributed by atoms with van der Waals surface area (Å²) in [5, 5.41) is 0. The third-order valence-electron chi connectivity index (χ3n) is 5.34. The molecule has 1 aliphatic heterocycles. The fourth-order valence-electron chi connectivity index (χ4n) is 3.74. The molecular weight excluding hydrogens is 327 g/mol. The molecule has 1 atom stereocenters. The average molecular weight is 352 g/mol. The van der Waals surface area contributed by atoms with Crippen molar-refractivity contribution in [3.05, 3.63) is 65.7 Å². The van der Waals surface area contributed by atoms with Crippen LogP contribution in [0.4, 0.5) is 4.39 Å². The summed E-state index contributed by atoms with van der Waals surface area (Å²) in [6.45, 7) is 4.01. The maximum absolute atomic E-state index is 13.5. The zero-order chi connectivity index (χ0) is 18.1. The van der Waals surface area contributed by atoms with Gasteiger partial charge in [-0.1, -0.05) is 24.3 Å². The Balaban J connectivity index is 1.42. The Morgan fingerprint density at radius 1 is 1.08 bits per heavy atom. The molecule has 0 N–H and O–H groups in total. The molecule has 1 aliphatic rings. The van der Waals surface area contributed by atoms with Crippen molar-refractivity contribution in [2.24, 2.45) is 0 Å². The third-order valence-corrected chi connectivity index (χ3v) is 5.34. The lowest BCUT2D eigenvalue weighted by Crippen LogP contribution is -2.31. The molecule has 26 heavy (non-hydrogen) atoms. The zero-order valence-electron chi connectivity index (χ0n) is 15.4. The van der Waals surface area contributed by atoms with Crippen molar-refractivity contribution in [3.8, 4) is 0 Å². The lowest BCUT2D eigenvalue weighted by molar-refractivity contribution is 0.264. The molecule has 1 aromatic heterocycles. The van der Waals surface area contributed by atoms with Gasteiger partial charge in [0.25, 0.3) is 0 Å². The van der Waals surface area contributed by atoms with Crippen LogP contribution in [0.5, 0.6) is 0 Å². The lowest BCUT2D eigenvalue weighted by Gasteiger charge is -2.20. The van der Waals surface area contributed by atoms with E-state index in [-0.39, 0.29) is 5.82 Å². The van der Waals surface area contributed by atoms with Crippen molar-refractivity contribution < 1.29 is 4.39 Å². The number of aromatic nitrogens is 2. The lowest BCUT2D eigenvalue weighted by atomic mass is 10.1. The molecule has 5 heteroatoms. The number of hydrogen-bond acceptors (Lipinski definition) is 3. The van der Waals surface area contributed by atoms with E-state index in [4.69, 9.17) is 0 Å². The molecule has 0 radical (unpaired) electrons. The van der Waals surface area contributed by atoms with E-state index in [1.807, 2.05) is 4.57 Å². The number of likely N-dealkylation sites (N-methyl/N-ethyl adjacent to an activating group) is 1. The van der Waals surface area contributed by atoms with Crippen molar-refractivity contribution in [3.63, 3.8) is 0 Å². The summed E-state index contributed by atoms with van der Waals surface area (Å²) in [6.07, 6.45) is 3.03. The highest BCUT2D eigenvalue weighted by Crippen LogP contribution is 2.18. The predicted molar refractivity (Wildman–Crippen MR) is 103 cm³/mol. The van der Waals surface area contributed by atoms with Gasteiger partial charge in [0.2, 0.25) is 0 Å². The average Bonchev–Trinajstić information content (AvgIpc) is 3.24. The van der Waals surface area contributed by atoms with Crippen molar-refractivity contribution in [2.45, 2.75) is 25.6 Å². The van der Waals surface area contributed by atoms with Crippen LogP contribution in [0.2, 0.25) is 0 Å². The van der Waals surface area contributed by atoms with Gasteiger partial charge in [0.15, 0.2) is 0 Å². The second kappa shape index (κ2) is 7.17. The number of fused-ring (bicyclic) bond motifs is 1. The maximum atomic E-state index is 13.5. The Morgan fingerprint density at radius 2 is 1.81 bits per heavy atom. The number of hydrogen-bond donors (Lipinski definition) is 0. The van der Waals surface area contributed by atoms with Gasteiger partial charge in [-0.25, -0.2) is 9.37 Å². The summed E-state index contributed by atoms with van der Waals surface area (Å²) in [5.41, 5.74) is 4.20. The molecule has 1 fully saturated rings. The summed E-state index contributed by atoms with van der Waals surface area (Å²) in [5.74, 6) is -0.226. The fraction of sp³-hybridized carbons (Fsp3) is 0.381. The fourth-order valence-corrected chi connectivity index (χ4v) is 3.74. The molecule has 1 unspecified atom stereocenters. The summed E-state index contributed by atoms with van der Waals surface area (Å²) in [6, 6.07) is 14.1. The number of imidazole rings is 1. The molecule has 1 saturated heterocycles. The molecule has 0 saturated carbocycles. The molecule has 0 aliphatic carbocycles. The first kappa shape index (κ1) is 17.2. The minimum absolute atomic E-state index is 0.226. The second-order valence-electron chi connectivity index (χ2n) is 7.46. The van der Waals surface area contributed by atoms with Crippen LogP contribution in [-0.2, 0) is 13.1 Å². The van der Waals surface area contributed by atoms with Crippen molar-refractivity contribution in [2.75, 3.05) is 27.2 Å². The molecule has 4 rings (SSSR count). The summed E-state index contributed by atoms with van der Waals surface area (Å²) in [4.78, 5) is 9.19. The van der Waals surface area contributed by atoms with Crippen LogP contribution in [-0.4, -0.2) is 52.6 Å². The molecule has 2 heterocycles. The van der Waals surface area contributed by atoms with E-state index in [1.165, 1.54) is 23.6 Å². The Hall–Kier alpha value is -2.24. The Bertz CT molecular complexity index is 885. The van der Waals surface area contributed by atoms with Crippen molar-refractivity contribution in [1.29, 1.82) is 0 Å². The van der Waals surface area contributed by atoms with Gasteiger partial charge in [0.05, 0.1) is 17.4 Å². The number of rotatable bonds is 5. The molecular formula is C21H25FN4. The second-order valence-corrected chi connectivity index (χ2v) is 7.46. The van der Waals surface area contributed by atoms with Gasteiger partial charge in [-0.15, -0.1) is 0 Å². The quantitative estimate of drug-likeness (QED) is 0.704. The molecule has 0 amide bonds. The number of nitrogens with zero attached hydrogens (tertiary/aromatic N) is 4. The van der Waals surface area contributed by atoms with E-state index < -0.39 is 0 Å². The summed E-state index contributed by atoms with van der Waals surface area (Å²) < 4.78 is 15.5. The van der Waals surface area contributed by atoms with Crippen LogP contribution in [0.3, 0.4) is 0 Å². The zero-order valence-corrected chi connectivity index (χ0v) is 15.4. The molecule has 136 valence electrons. The summed E-state index contributed by atoms with van der Waals surface area (Å²) in [7, 11) is 4.32. The van der Waals surface area contributed by atoms with Crippen molar-refractivity contribution in [1.82, 2.24) is 19.4 Å². The highest BCUT2D eigenvalue weighted by molar-refractivity contribution is 5.75. The minimum atomic E-state index is -0.226. The first-order valence-electron chi connectivity index (χ1n) is 9.15. The van der Waals surface area contributed by atoms with Crippen LogP contribution in [0.25, 0.3) is 11.0 Å². The van der Waals surface area contributed by atoms with E-state index in [9.17, 15) is 4.39 Å². The topological polar surface area (TPSA) is 24.3 Å². The monoisotopic (exact) mass is 352 g/mol. The molecule has 2 aromatic carbocycles. The van der Waals surface area contributed by atoms with E-state index >= 15 is 0 Å². The normalized spacial score (nSPS) is 18.2. The van der Waals surface area contributed by atoms with Gasteiger partial charge < -0.3 is 9.47 Å². The minimum Gasteiger partial charge on any atom is -0.326 e. The van der Waals surface area contributed by atoms with Gasteiger partial charge in [-0.2, -0.15) is 0 Å². The first-order chi connectivity index (χ1) is 12.6. The summed E-state index contributed by atoms with van der Waals surface area (Å²) >= 11 is 0. The van der Waals surface area contributed by atoms with E-state index in [1.54, 1.807) is 18.5 Å². The molecule has 3 aromatic rings. The standard InChI is InChI=1S/C21H25FN4/c1-24(2)19-9-10-25(14-19)12-16-3-5-17(6-4-16)13-26-15-23-20-8-7-18(22)11-21(20)26/h3-8,11,15,19H,9-10,12-14H2,1-2H3. The van der Waals surface area contributed by atoms with Gasteiger partial charge in [-0.05, 0) is 49.8 Å². The van der Waals surface area contributed by atoms with Crippen molar-refractivity contribution >= 4 is 11.0 Å². The Kier molecular flexibility index (Phi) is 4.74. The van der Waals surface area contributed by atoms with E-state index in [0.717, 1.165) is 30.7 Å². The Labute approximate surface area is 153 Å². The van der Waals surface area contributed by atoms with Crippen LogP contribution < -0.4 is 0 Å². The number of benzene rings is 2. The predicted octanol–water partition coefficient (Wildman–Crippen LogP) is 3.36. The highest BCUT2D eigenvalue weighted by Gasteiger charge is 2.23. The SMILES string of the molecule is CN(C)C1CCN(Cc2ccc(Cn3cnc4ccc(F)cc43)cc2)C1. The largest absolute Gasteiger partial charge is 0.326 e. The molecule has 0 bridgehead atoms. The van der Waals surface area contributed by atoms with Gasteiger partial charge in [0, 0.05) is 32.2 Å². The smallest absolute Gasteiger partial charge is 0.125 e. The van der Waals surface area contributed by atoms with Crippen LogP contribution in [0.1, 0.15) is 17.5 Å². The van der Waals surface area contributed by atoms with Crippen LogP contribution >= 0.6 is 0 Å². The third kappa shape index (κ3) is 3.64. The first-order valence-corrected chi connectivity index (χ1v) is 9.15. The van der Waals surface area contributed by atoms with Gasteiger partial charge >= 0.3 is 0 Å². The van der Waals surface area contributed by atoms with E-state index in [2.05, 4.69) is 53.1 Å². The van der Waals surface area contributed by atoms with E-state index in [0.29, 0.717) is 12.6 Å². The highest BCUT2D eigenvalue weighted by atomic mass is 19.1. The maximum Gasteiger partial charge on any atom is 0.125 e. The van der Waals surface area contributed by atoms with Crippen LogP contribution in [0, 0.1) is 5.82 Å². The molecule has 0 spiro atoms. The molecule has 4 nitrogen and oxygen atoms in total. The Morgan fingerprint density at radius 3 is 2.50 bits per heavy atom.